The minimum absolute atomic E-state index is 0.00199. The summed E-state index contributed by atoms with van der Waals surface area (Å²) in [7, 11) is -3.61. The molecule has 3 nitrogen and oxygen atoms in total. The van der Waals surface area contributed by atoms with E-state index in [1.165, 1.54) is 12.1 Å². The van der Waals surface area contributed by atoms with Gasteiger partial charge in [-0.25, -0.2) is 8.42 Å². The third-order valence-electron chi connectivity index (χ3n) is 1.67. The van der Waals surface area contributed by atoms with Crippen LogP contribution in [0.2, 0.25) is 15.1 Å². The van der Waals surface area contributed by atoms with Crippen LogP contribution in [0, 0.1) is 0 Å². The molecule has 1 N–H and O–H groups in total. The lowest BCUT2D eigenvalue weighted by Gasteiger charge is -2.06. The quantitative estimate of drug-likeness (QED) is 0.870. The molecule has 84 valence electrons. The normalized spacial score (nSPS) is 11.7. The summed E-state index contributed by atoms with van der Waals surface area (Å²) in [6.45, 7) is -0.473. The highest BCUT2D eigenvalue weighted by molar-refractivity contribution is 7.91. The fraction of sp³-hybridized carbons (Fsp3) is 0.250. The van der Waals surface area contributed by atoms with E-state index in [1.807, 2.05) is 0 Å². The van der Waals surface area contributed by atoms with E-state index < -0.39 is 22.2 Å². The van der Waals surface area contributed by atoms with E-state index in [9.17, 15) is 8.42 Å². The molecular formula is C8H7Cl3O3S. The van der Waals surface area contributed by atoms with Crippen LogP contribution >= 0.6 is 34.8 Å². The summed E-state index contributed by atoms with van der Waals surface area (Å²) in [6, 6.07) is 2.44. The molecule has 7 heteroatoms. The van der Waals surface area contributed by atoms with Crippen molar-refractivity contribution in [2.75, 3.05) is 12.4 Å². The highest BCUT2D eigenvalue weighted by Crippen LogP contribution is 2.31. The molecule has 1 aromatic rings. The number of hydrogen-bond donors (Lipinski definition) is 1. The van der Waals surface area contributed by atoms with Crippen molar-refractivity contribution in [2.45, 2.75) is 4.90 Å². The number of aliphatic hydroxyl groups excluding tert-OH is 1. The van der Waals surface area contributed by atoms with Crippen molar-refractivity contribution in [3.05, 3.63) is 27.2 Å². The first kappa shape index (κ1) is 13.1. The van der Waals surface area contributed by atoms with Crippen LogP contribution in [0.3, 0.4) is 0 Å². The van der Waals surface area contributed by atoms with Crippen LogP contribution in [-0.2, 0) is 9.84 Å². The van der Waals surface area contributed by atoms with Gasteiger partial charge in [-0.2, -0.15) is 0 Å². The highest BCUT2D eigenvalue weighted by Gasteiger charge is 2.19. The number of aliphatic hydroxyl groups is 1. The van der Waals surface area contributed by atoms with Gasteiger partial charge >= 0.3 is 0 Å². The molecule has 0 amide bonds. The summed E-state index contributed by atoms with van der Waals surface area (Å²) in [5.41, 5.74) is 0. The van der Waals surface area contributed by atoms with Gasteiger partial charge < -0.3 is 5.11 Å². The number of hydrogen-bond acceptors (Lipinski definition) is 3. The molecular weight excluding hydrogens is 283 g/mol. The molecule has 0 unspecified atom stereocenters. The first-order valence-electron chi connectivity index (χ1n) is 3.86. The van der Waals surface area contributed by atoms with Crippen LogP contribution in [-0.4, -0.2) is 25.9 Å². The van der Waals surface area contributed by atoms with Crippen LogP contribution in [0.15, 0.2) is 17.0 Å². The summed E-state index contributed by atoms with van der Waals surface area (Å²) in [4.78, 5) is -0.118. The van der Waals surface area contributed by atoms with Gasteiger partial charge in [-0.15, -0.1) is 0 Å². The summed E-state index contributed by atoms with van der Waals surface area (Å²) in [5.74, 6) is -0.398. The monoisotopic (exact) mass is 288 g/mol. The van der Waals surface area contributed by atoms with Gasteiger partial charge in [0.05, 0.1) is 32.3 Å². The van der Waals surface area contributed by atoms with Crippen LogP contribution in [0.1, 0.15) is 0 Å². The van der Waals surface area contributed by atoms with Crippen molar-refractivity contribution in [1.29, 1.82) is 0 Å². The maximum absolute atomic E-state index is 11.6. The topological polar surface area (TPSA) is 54.4 Å². The van der Waals surface area contributed by atoms with Crippen molar-refractivity contribution in [3.8, 4) is 0 Å². The Balaban J connectivity index is 3.33. The van der Waals surface area contributed by atoms with Gasteiger partial charge in [0.15, 0.2) is 9.84 Å². The maximum atomic E-state index is 11.6. The Morgan fingerprint density at radius 2 is 1.60 bits per heavy atom. The molecule has 0 atom stereocenters. The first-order valence-corrected chi connectivity index (χ1v) is 6.65. The highest BCUT2D eigenvalue weighted by atomic mass is 35.5. The van der Waals surface area contributed by atoms with Gasteiger partial charge in [0.25, 0.3) is 0 Å². The van der Waals surface area contributed by atoms with Gasteiger partial charge in [-0.1, -0.05) is 34.8 Å². The fourth-order valence-electron chi connectivity index (χ4n) is 0.973. The third kappa shape index (κ3) is 2.98. The Hall–Kier alpha value is -0.000000000000000167. The number of sulfone groups is 1. The van der Waals surface area contributed by atoms with E-state index in [1.54, 1.807) is 0 Å². The van der Waals surface area contributed by atoms with Crippen LogP contribution in [0.25, 0.3) is 0 Å². The second-order valence-electron chi connectivity index (χ2n) is 2.74. The van der Waals surface area contributed by atoms with E-state index in [0.29, 0.717) is 0 Å². The predicted molar refractivity (Wildman–Crippen MR) is 60.6 cm³/mol. The summed E-state index contributed by atoms with van der Waals surface area (Å²) in [5, 5.41) is 8.89. The largest absolute Gasteiger partial charge is 0.395 e. The van der Waals surface area contributed by atoms with Gasteiger partial charge in [0, 0.05) is 0 Å². The van der Waals surface area contributed by atoms with Gasteiger partial charge in [0.1, 0.15) is 0 Å². The van der Waals surface area contributed by atoms with Crippen molar-refractivity contribution in [3.63, 3.8) is 0 Å². The number of benzene rings is 1. The fourth-order valence-corrected chi connectivity index (χ4v) is 3.05. The van der Waals surface area contributed by atoms with Crippen LogP contribution < -0.4 is 0 Å². The zero-order chi connectivity index (χ0) is 11.6. The molecule has 0 saturated heterocycles. The van der Waals surface area contributed by atoms with Gasteiger partial charge in [0.2, 0.25) is 0 Å². The molecule has 0 aliphatic carbocycles. The van der Waals surface area contributed by atoms with Crippen molar-refractivity contribution < 1.29 is 13.5 Å². The molecule has 15 heavy (non-hydrogen) atoms. The van der Waals surface area contributed by atoms with Gasteiger partial charge in [-0.3, -0.25) is 0 Å². The van der Waals surface area contributed by atoms with E-state index in [4.69, 9.17) is 39.9 Å². The summed E-state index contributed by atoms with van der Waals surface area (Å²) < 4.78 is 23.1. The van der Waals surface area contributed by atoms with Crippen molar-refractivity contribution >= 4 is 44.6 Å². The molecule has 0 aliphatic heterocycles. The van der Waals surface area contributed by atoms with Crippen LogP contribution in [0.5, 0.6) is 0 Å². The molecule has 0 fully saturated rings. The maximum Gasteiger partial charge on any atom is 0.182 e. The molecule has 0 saturated carbocycles. The predicted octanol–water partition coefficient (Wildman–Crippen LogP) is 2.41. The lowest BCUT2D eigenvalue weighted by molar-refractivity contribution is 0.319. The molecule has 1 rings (SSSR count). The Bertz CT molecular complexity index is 470. The second-order valence-corrected chi connectivity index (χ2v) is 6.04. The average Bonchev–Trinajstić information content (AvgIpc) is 2.11. The Labute approximate surface area is 102 Å². The van der Waals surface area contributed by atoms with E-state index in [-0.39, 0.29) is 20.0 Å². The average molecular weight is 290 g/mol. The van der Waals surface area contributed by atoms with Crippen molar-refractivity contribution in [1.82, 2.24) is 0 Å². The molecule has 0 bridgehead atoms. The first-order chi connectivity index (χ1) is 6.88. The molecule has 0 radical (unpaired) electrons. The second kappa shape index (κ2) is 4.89. The zero-order valence-electron chi connectivity index (χ0n) is 7.37. The third-order valence-corrected chi connectivity index (χ3v) is 4.54. The van der Waals surface area contributed by atoms with E-state index >= 15 is 0 Å². The van der Waals surface area contributed by atoms with E-state index in [2.05, 4.69) is 0 Å². The molecule has 0 aliphatic rings. The smallest absolute Gasteiger partial charge is 0.182 e. The summed E-state index contributed by atoms with van der Waals surface area (Å²) in [6.07, 6.45) is 0. The van der Waals surface area contributed by atoms with E-state index in [0.717, 1.165) is 0 Å². The molecule has 0 aromatic heterocycles. The van der Waals surface area contributed by atoms with Crippen molar-refractivity contribution in [2.24, 2.45) is 0 Å². The Kier molecular flexibility index (Phi) is 4.26. The lowest BCUT2D eigenvalue weighted by Crippen LogP contribution is -2.10. The SMILES string of the molecule is O=S(=O)(CCO)c1cc(Cl)c(Cl)cc1Cl. The Morgan fingerprint density at radius 1 is 1.07 bits per heavy atom. The summed E-state index contributed by atoms with van der Waals surface area (Å²) >= 11 is 17.0. The minimum atomic E-state index is -3.61. The lowest BCUT2D eigenvalue weighted by atomic mass is 10.4. The number of rotatable bonds is 3. The molecule has 1 aromatic carbocycles. The minimum Gasteiger partial charge on any atom is -0.395 e. The van der Waals surface area contributed by atoms with Gasteiger partial charge in [-0.05, 0) is 12.1 Å². The standard InChI is InChI=1S/C8H7Cl3O3S/c9-5-3-7(11)8(4-6(5)10)15(13,14)2-1-12/h3-4,12H,1-2H2. The molecule has 0 heterocycles. The zero-order valence-corrected chi connectivity index (χ0v) is 10.5. The number of halogens is 3. The molecule has 0 spiro atoms. The van der Waals surface area contributed by atoms with Crippen LogP contribution in [0.4, 0.5) is 0 Å². The Morgan fingerprint density at radius 3 is 2.13 bits per heavy atom.